The normalized spacial score (nSPS) is 21.9. The predicted molar refractivity (Wildman–Crippen MR) is 97.6 cm³/mol. The Balaban J connectivity index is 2.42. The molecule has 0 aliphatic carbocycles. The van der Waals surface area contributed by atoms with Crippen molar-refractivity contribution in [2.45, 2.75) is 18.9 Å². The average Bonchev–Trinajstić information content (AvgIpc) is 2.93. The molecule has 1 aliphatic heterocycles. The molecule has 0 aromatic heterocycles. The molecule has 128 valence electrons. The lowest BCUT2D eigenvalue weighted by atomic mass is 9.92. The fraction of sp³-hybridized carbons (Fsp3) is 0.190. The summed E-state index contributed by atoms with van der Waals surface area (Å²) in [6.07, 6.45) is 6.92. The Bertz CT molecular complexity index is 953. The zero-order chi connectivity index (χ0) is 19.9. The van der Waals surface area contributed by atoms with Crippen molar-refractivity contribution < 1.29 is 10.5 Å². The van der Waals surface area contributed by atoms with Gasteiger partial charge in [0.1, 0.15) is 11.4 Å². The molecule has 1 heterocycles. The van der Waals surface area contributed by atoms with Gasteiger partial charge in [-0.3, -0.25) is 4.39 Å². The maximum atomic E-state index is 13.1. The van der Waals surface area contributed by atoms with Gasteiger partial charge in [0, 0.05) is 12.0 Å². The fourth-order valence-corrected chi connectivity index (χ4v) is 2.55. The maximum absolute atomic E-state index is 13.1. The standard InChI is InChI=1S/C21H16FN3O/c1-21(13-14-22)17(12-8-7-11-16-9-5-4-6-10-16)19(25-3)20(26-21)18(15-23)24-2/h4-12H,13-14H2,1H3/i4D. The molecule has 2 rings (SSSR count). The molecule has 5 heteroatoms. The van der Waals surface area contributed by atoms with Crippen LogP contribution in [-0.2, 0) is 4.74 Å². The summed E-state index contributed by atoms with van der Waals surface area (Å²) in [5.74, 6) is -0.0897. The van der Waals surface area contributed by atoms with Gasteiger partial charge in [0.25, 0.3) is 5.70 Å². The quantitative estimate of drug-likeness (QED) is 0.416. The Morgan fingerprint density at radius 1 is 1.38 bits per heavy atom. The first-order valence-corrected chi connectivity index (χ1v) is 7.80. The number of nitriles is 1. The van der Waals surface area contributed by atoms with Crippen LogP contribution in [0.5, 0.6) is 0 Å². The minimum atomic E-state index is -1.12. The first kappa shape index (κ1) is 17.2. The summed E-state index contributed by atoms with van der Waals surface area (Å²) in [6, 6.07) is 9.11. The van der Waals surface area contributed by atoms with Crippen molar-refractivity contribution in [2.24, 2.45) is 0 Å². The molecular weight excluding hydrogens is 329 g/mol. The van der Waals surface area contributed by atoms with Crippen molar-refractivity contribution in [3.05, 3.63) is 99.7 Å². The lowest BCUT2D eigenvalue weighted by molar-refractivity contribution is 0.0623. The second-order valence-electron chi connectivity index (χ2n) is 5.60. The molecule has 26 heavy (non-hydrogen) atoms. The van der Waals surface area contributed by atoms with Gasteiger partial charge in [0.05, 0.1) is 27.3 Å². The molecule has 0 bridgehead atoms. The number of nitrogens with zero attached hydrogens (tertiary/aromatic N) is 3. The average molecular weight is 346 g/mol. The summed E-state index contributed by atoms with van der Waals surface area (Å²) in [5, 5.41) is 9.10. The van der Waals surface area contributed by atoms with Gasteiger partial charge in [-0.2, -0.15) is 0 Å². The SMILES string of the molecule is [2H]c1ccc(C=CC=CC2=C([N+]#[C-])C(=C(C#N)[N+]#[C-])OC2(C)CCF)cc1. The zero-order valence-corrected chi connectivity index (χ0v) is 14.2. The Labute approximate surface area is 153 Å². The van der Waals surface area contributed by atoms with Crippen LogP contribution >= 0.6 is 0 Å². The molecule has 1 aliphatic rings. The maximum Gasteiger partial charge on any atom is 0.292 e. The summed E-state index contributed by atoms with van der Waals surface area (Å²) < 4.78 is 26.2. The van der Waals surface area contributed by atoms with Crippen molar-refractivity contribution >= 4 is 6.08 Å². The summed E-state index contributed by atoms with van der Waals surface area (Å²) >= 11 is 0. The van der Waals surface area contributed by atoms with Crippen LogP contribution in [0, 0.1) is 24.5 Å². The highest BCUT2D eigenvalue weighted by molar-refractivity contribution is 5.57. The van der Waals surface area contributed by atoms with Gasteiger partial charge in [-0.25, -0.2) is 15.0 Å². The number of ether oxygens (including phenoxy) is 1. The van der Waals surface area contributed by atoms with Crippen molar-refractivity contribution in [1.82, 2.24) is 0 Å². The molecule has 0 saturated carbocycles. The van der Waals surface area contributed by atoms with Gasteiger partial charge in [-0.05, 0) is 12.5 Å². The van der Waals surface area contributed by atoms with Crippen LogP contribution in [0.25, 0.3) is 15.8 Å². The van der Waals surface area contributed by atoms with Gasteiger partial charge in [0.2, 0.25) is 5.70 Å². The van der Waals surface area contributed by atoms with Crippen molar-refractivity contribution in [2.75, 3.05) is 6.67 Å². The lowest BCUT2D eigenvalue weighted by Gasteiger charge is -2.26. The van der Waals surface area contributed by atoms with Crippen molar-refractivity contribution in [3.8, 4) is 6.07 Å². The fourth-order valence-electron chi connectivity index (χ4n) is 2.55. The van der Waals surface area contributed by atoms with E-state index in [9.17, 15) is 4.39 Å². The van der Waals surface area contributed by atoms with Crippen LogP contribution < -0.4 is 0 Å². The van der Waals surface area contributed by atoms with E-state index in [1.54, 1.807) is 55.5 Å². The van der Waals surface area contributed by atoms with E-state index in [0.717, 1.165) is 5.56 Å². The molecule has 0 saturated heterocycles. The molecule has 4 nitrogen and oxygen atoms in total. The summed E-state index contributed by atoms with van der Waals surface area (Å²) in [5.41, 5.74) is -0.0342. The van der Waals surface area contributed by atoms with E-state index in [-0.39, 0.29) is 23.6 Å². The van der Waals surface area contributed by atoms with E-state index < -0.39 is 12.3 Å². The third-order valence-electron chi connectivity index (χ3n) is 3.89. The Morgan fingerprint density at radius 3 is 2.65 bits per heavy atom. The second kappa shape index (κ2) is 8.47. The number of alkyl halides is 1. The molecule has 0 fully saturated rings. The van der Waals surface area contributed by atoms with Crippen molar-refractivity contribution in [3.63, 3.8) is 0 Å². The number of allylic oxidation sites excluding steroid dienone is 3. The second-order valence-corrected chi connectivity index (χ2v) is 5.60. The minimum absolute atomic E-state index is 0.000574. The largest absolute Gasteiger partial charge is 0.505 e. The van der Waals surface area contributed by atoms with E-state index in [0.29, 0.717) is 11.6 Å². The van der Waals surface area contributed by atoms with E-state index in [1.165, 1.54) is 0 Å². The molecular formula is C21H16FN3O. The first-order valence-electron chi connectivity index (χ1n) is 8.30. The van der Waals surface area contributed by atoms with Crippen molar-refractivity contribution in [1.29, 1.82) is 5.26 Å². The monoisotopic (exact) mass is 346 g/mol. The number of rotatable bonds is 5. The molecule has 1 atom stereocenters. The van der Waals surface area contributed by atoms with E-state index in [2.05, 4.69) is 9.69 Å². The number of benzene rings is 1. The number of halogens is 1. The third kappa shape index (κ3) is 3.89. The van der Waals surface area contributed by atoms with E-state index in [4.69, 9.17) is 24.5 Å². The molecule has 0 radical (unpaired) electrons. The predicted octanol–water partition coefficient (Wildman–Crippen LogP) is 5.23. The first-order chi connectivity index (χ1) is 13.0. The Kier molecular flexibility index (Phi) is 5.61. The van der Waals surface area contributed by atoms with Gasteiger partial charge in [0.15, 0.2) is 0 Å². The molecule has 0 spiro atoms. The van der Waals surface area contributed by atoms with Crippen LogP contribution in [0.1, 0.15) is 20.3 Å². The summed E-state index contributed by atoms with van der Waals surface area (Å²) in [6.45, 7) is 15.5. The summed E-state index contributed by atoms with van der Waals surface area (Å²) in [7, 11) is 0. The van der Waals surface area contributed by atoms with E-state index in [1.807, 2.05) is 6.08 Å². The molecule has 1 aromatic carbocycles. The third-order valence-corrected chi connectivity index (χ3v) is 3.89. The topological polar surface area (TPSA) is 41.7 Å². The molecule has 1 aromatic rings. The van der Waals surface area contributed by atoms with Gasteiger partial charge in [-0.1, -0.05) is 54.6 Å². The molecule has 0 N–H and O–H groups in total. The Morgan fingerprint density at radius 2 is 2.08 bits per heavy atom. The van der Waals surface area contributed by atoms with Gasteiger partial charge < -0.3 is 4.74 Å². The van der Waals surface area contributed by atoms with Crippen LogP contribution in [0.2, 0.25) is 0 Å². The lowest BCUT2D eigenvalue weighted by Crippen LogP contribution is -2.27. The molecule has 1 unspecified atom stereocenters. The summed E-state index contributed by atoms with van der Waals surface area (Å²) in [4.78, 5) is 6.53. The van der Waals surface area contributed by atoms with Crippen LogP contribution in [-0.4, -0.2) is 12.3 Å². The highest BCUT2D eigenvalue weighted by Crippen LogP contribution is 2.43. The minimum Gasteiger partial charge on any atom is -0.505 e. The smallest absolute Gasteiger partial charge is 0.292 e. The van der Waals surface area contributed by atoms with Gasteiger partial charge >= 0.3 is 0 Å². The van der Waals surface area contributed by atoms with Crippen LogP contribution in [0.4, 0.5) is 4.39 Å². The number of hydrogen-bond donors (Lipinski definition) is 0. The highest BCUT2D eigenvalue weighted by atomic mass is 19.1. The van der Waals surface area contributed by atoms with E-state index >= 15 is 0 Å². The molecule has 0 amide bonds. The van der Waals surface area contributed by atoms with Crippen LogP contribution in [0.3, 0.4) is 0 Å². The van der Waals surface area contributed by atoms with Gasteiger partial charge in [-0.15, -0.1) is 0 Å². The van der Waals surface area contributed by atoms with Crippen LogP contribution in [0.15, 0.2) is 71.3 Å². The number of hydrogen-bond acceptors (Lipinski definition) is 2. The Hall–Kier alpha value is -3.62. The highest BCUT2D eigenvalue weighted by Gasteiger charge is 2.41. The zero-order valence-electron chi connectivity index (χ0n) is 15.2.